The van der Waals surface area contributed by atoms with Crippen molar-refractivity contribution < 1.29 is 0 Å². The van der Waals surface area contributed by atoms with Crippen molar-refractivity contribution in [3.8, 4) is 0 Å². The van der Waals surface area contributed by atoms with Crippen molar-refractivity contribution in [2.45, 2.75) is 24.3 Å². The summed E-state index contributed by atoms with van der Waals surface area (Å²) >= 11 is 2.00. The summed E-state index contributed by atoms with van der Waals surface area (Å²) in [5.74, 6) is 2.30. The van der Waals surface area contributed by atoms with E-state index in [4.69, 9.17) is 0 Å². The normalized spacial score (nSPS) is 18.8. The highest BCUT2D eigenvalue weighted by Crippen LogP contribution is 2.36. The van der Waals surface area contributed by atoms with E-state index in [9.17, 15) is 0 Å². The van der Waals surface area contributed by atoms with E-state index in [-0.39, 0.29) is 0 Å². The Morgan fingerprint density at radius 2 is 2.27 bits per heavy atom. The van der Waals surface area contributed by atoms with E-state index in [1.54, 1.807) is 0 Å². The third-order valence-corrected chi connectivity index (χ3v) is 4.30. The van der Waals surface area contributed by atoms with Crippen molar-refractivity contribution in [2.24, 2.45) is 5.92 Å². The number of nitrogens with one attached hydrogen (secondary N) is 1. The molecule has 0 aromatic heterocycles. The Bertz CT molecular complexity index is 407. The maximum absolute atomic E-state index is 3.99. The van der Waals surface area contributed by atoms with Crippen LogP contribution in [0.4, 0.5) is 0 Å². The van der Waals surface area contributed by atoms with E-state index in [0.717, 1.165) is 18.2 Å². The van der Waals surface area contributed by atoms with Gasteiger partial charge in [0, 0.05) is 28.5 Å². The third kappa shape index (κ3) is 1.91. The van der Waals surface area contributed by atoms with Gasteiger partial charge in [0.2, 0.25) is 0 Å². The van der Waals surface area contributed by atoms with Crippen molar-refractivity contribution in [1.29, 1.82) is 0 Å². The van der Waals surface area contributed by atoms with Gasteiger partial charge in [0.05, 0.1) is 0 Å². The van der Waals surface area contributed by atoms with Crippen LogP contribution >= 0.6 is 11.8 Å². The molecule has 1 aliphatic carbocycles. The highest BCUT2D eigenvalue weighted by molar-refractivity contribution is 7.99. The molecule has 0 bridgehead atoms. The molecule has 1 aliphatic heterocycles. The molecule has 2 aliphatic rings. The predicted octanol–water partition coefficient (Wildman–Crippen LogP) is 3.26. The summed E-state index contributed by atoms with van der Waals surface area (Å²) in [5.41, 5.74) is 3.77. The van der Waals surface area contributed by atoms with Gasteiger partial charge < -0.3 is 5.32 Å². The average molecular weight is 217 g/mol. The number of thioether (sulfide) groups is 1. The molecular formula is C13H15NS. The van der Waals surface area contributed by atoms with Gasteiger partial charge in [-0.1, -0.05) is 12.6 Å². The molecule has 0 saturated heterocycles. The molecule has 1 fully saturated rings. The number of hydrogen-bond acceptors (Lipinski definition) is 2. The SMILES string of the molecule is C=C1NCc2cc(SCC3CC3)ccc21. The number of rotatable bonds is 3. The molecule has 1 nitrogen and oxygen atoms in total. The Kier molecular flexibility index (Phi) is 2.24. The number of fused-ring (bicyclic) bond motifs is 1. The lowest BCUT2D eigenvalue weighted by Gasteiger charge is -2.03. The Morgan fingerprint density at radius 3 is 3.07 bits per heavy atom. The smallest absolute Gasteiger partial charge is 0.0407 e. The zero-order valence-electron chi connectivity index (χ0n) is 8.75. The molecule has 0 amide bonds. The van der Waals surface area contributed by atoms with Crippen LogP contribution in [-0.2, 0) is 6.54 Å². The molecule has 2 heteroatoms. The van der Waals surface area contributed by atoms with Crippen LogP contribution in [-0.4, -0.2) is 5.75 Å². The van der Waals surface area contributed by atoms with Crippen LogP contribution in [0.2, 0.25) is 0 Å². The molecule has 1 heterocycles. The quantitative estimate of drug-likeness (QED) is 0.780. The lowest BCUT2D eigenvalue weighted by atomic mass is 10.1. The summed E-state index contributed by atoms with van der Waals surface area (Å²) < 4.78 is 0. The summed E-state index contributed by atoms with van der Waals surface area (Å²) in [5, 5.41) is 3.29. The van der Waals surface area contributed by atoms with Crippen LogP contribution < -0.4 is 5.32 Å². The number of hydrogen-bond donors (Lipinski definition) is 1. The van der Waals surface area contributed by atoms with Gasteiger partial charge in [0.25, 0.3) is 0 Å². The molecule has 1 aromatic carbocycles. The second-order valence-corrected chi connectivity index (χ2v) is 5.50. The first-order chi connectivity index (χ1) is 7.33. The van der Waals surface area contributed by atoms with Crippen molar-refractivity contribution in [1.82, 2.24) is 5.32 Å². The fourth-order valence-electron chi connectivity index (χ4n) is 1.90. The number of benzene rings is 1. The Morgan fingerprint density at radius 1 is 1.40 bits per heavy atom. The van der Waals surface area contributed by atoms with Crippen LogP contribution in [0.25, 0.3) is 5.70 Å². The first-order valence-electron chi connectivity index (χ1n) is 5.52. The monoisotopic (exact) mass is 217 g/mol. The summed E-state index contributed by atoms with van der Waals surface area (Å²) in [6.45, 7) is 4.94. The standard InChI is InChI=1S/C13H15NS/c1-9-13-5-4-12(6-11(13)7-14-9)15-8-10-2-3-10/h4-6,10,14H,1-3,7-8H2. The first kappa shape index (κ1) is 9.34. The van der Waals surface area contributed by atoms with Gasteiger partial charge in [-0.3, -0.25) is 0 Å². The Hall–Kier alpha value is -0.890. The van der Waals surface area contributed by atoms with E-state index in [0.29, 0.717) is 0 Å². The second-order valence-electron chi connectivity index (χ2n) is 4.41. The molecule has 0 atom stereocenters. The van der Waals surface area contributed by atoms with Gasteiger partial charge in [-0.15, -0.1) is 11.8 Å². The van der Waals surface area contributed by atoms with Crippen LogP contribution in [0.15, 0.2) is 29.7 Å². The fraction of sp³-hybridized carbons (Fsp3) is 0.385. The maximum Gasteiger partial charge on any atom is 0.0407 e. The lowest BCUT2D eigenvalue weighted by Crippen LogP contribution is -1.98. The van der Waals surface area contributed by atoms with Gasteiger partial charge in [0.15, 0.2) is 0 Å². The highest BCUT2D eigenvalue weighted by Gasteiger charge is 2.21. The van der Waals surface area contributed by atoms with Gasteiger partial charge in [-0.05, 0) is 36.5 Å². The zero-order valence-corrected chi connectivity index (χ0v) is 9.57. The maximum atomic E-state index is 3.99. The van der Waals surface area contributed by atoms with Crippen LogP contribution in [0.1, 0.15) is 24.0 Å². The molecule has 0 spiro atoms. The van der Waals surface area contributed by atoms with Crippen LogP contribution in [0, 0.1) is 5.92 Å². The van der Waals surface area contributed by atoms with Gasteiger partial charge >= 0.3 is 0 Å². The van der Waals surface area contributed by atoms with E-state index in [1.165, 1.54) is 34.6 Å². The predicted molar refractivity (Wildman–Crippen MR) is 65.8 cm³/mol. The largest absolute Gasteiger partial charge is 0.381 e. The molecule has 3 rings (SSSR count). The molecule has 1 saturated carbocycles. The first-order valence-corrected chi connectivity index (χ1v) is 6.50. The van der Waals surface area contributed by atoms with E-state index in [2.05, 4.69) is 30.1 Å². The Labute approximate surface area is 95.0 Å². The molecule has 0 unspecified atom stereocenters. The summed E-state index contributed by atoms with van der Waals surface area (Å²) in [7, 11) is 0. The topological polar surface area (TPSA) is 12.0 Å². The molecule has 78 valence electrons. The summed E-state index contributed by atoms with van der Waals surface area (Å²) in [4.78, 5) is 1.41. The zero-order chi connectivity index (χ0) is 10.3. The van der Waals surface area contributed by atoms with Gasteiger partial charge in [-0.25, -0.2) is 0 Å². The van der Waals surface area contributed by atoms with Crippen LogP contribution in [0.5, 0.6) is 0 Å². The minimum atomic E-state index is 0.950. The molecule has 0 radical (unpaired) electrons. The molecule has 1 aromatic rings. The van der Waals surface area contributed by atoms with Crippen LogP contribution in [0.3, 0.4) is 0 Å². The van der Waals surface area contributed by atoms with Crippen molar-refractivity contribution in [3.05, 3.63) is 35.9 Å². The van der Waals surface area contributed by atoms with E-state index < -0.39 is 0 Å². The van der Waals surface area contributed by atoms with E-state index >= 15 is 0 Å². The summed E-state index contributed by atoms with van der Waals surface area (Å²) in [6.07, 6.45) is 2.88. The van der Waals surface area contributed by atoms with E-state index in [1.807, 2.05) is 11.8 Å². The minimum Gasteiger partial charge on any atom is -0.381 e. The van der Waals surface area contributed by atoms with Crippen molar-refractivity contribution in [2.75, 3.05) is 5.75 Å². The third-order valence-electron chi connectivity index (χ3n) is 3.08. The molecule has 1 N–H and O–H groups in total. The van der Waals surface area contributed by atoms with Gasteiger partial charge in [-0.2, -0.15) is 0 Å². The molecule has 15 heavy (non-hydrogen) atoms. The summed E-state index contributed by atoms with van der Waals surface area (Å²) in [6, 6.07) is 6.74. The molecular weight excluding hydrogens is 202 g/mol. The minimum absolute atomic E-state index is 0.950. The average Bonchev–Trinajstić information content (AvgIpc) is 3.01. The van der Waals surface area contributed by atoms with Crippen molar-refractivity contribution in [3.63, 3.8) is 0 Å². The lowest BCUT2D eigenvalue weighted by molar-refractivity contribution is 0.942. The van der Waals surface area contributed by atoms with Gasteiger partial charge in [0.1, 0.15) is 0 Å². The Balaban J connectivity index is 1.76. The fourth-order valence-corrected chi connectivity index (χ4v) is 3.05. The second kappa shape index (κ2) is 3.60. The van der Waals surface area contributed by atoms with Crippen molar-refractivity contribution >= 4 is 17.5 Å². The highest BCUT2D eigenvalue weighted by atomic mass is 32.2.